The summed E-state index contributed by atoms with van der Waals surface area (Å²) in [5.41, 5.74) is 3.10. The first kappa shape index (κ1) is 19.6. The number of anilines is 1. The second kappa shape index (κ2) is 8.43. The maximum atomic E-state index is 12.3. The lowest BCUT2D eigenvalue weighted by atomic mass is 9.54. The number of benzene rings is 2. The molecule has 0 saturated heterocycles. The molecule has 0 atom stereocenters. The molecule has 4 bridgehead atoms. The van der Waals surface area contributed by atoms with E-state index in [1.807, 2.05) is 49.4 Å². The molecule has 4 fully saturated rings. The number of hydrogen-bond donors (Lipinski definition) is 2. The van der Waals surface area contributed by atoms with Gasteiger partial charge in [0.1, 0.15) is 5.75 Å². The summed E-state index contributed by atoms with van der Waals surface area (Å²) < 4.78 is 5.90. The molecule has 4 nitrogen and oxygen atoms in total. The molecule has 0 spiro atoms. The summed E-state index contributed by atoms with van der Waals surface area (Å²) in [7, 11) is 0. The van der Waals surface area contributed by atoms with E-state index in [0.717, 1.165) is 47.2 Å². The second-order valence-electron chi connectivity index (χ2n) is 9.65. The van der Waals surface area contributed by atoms with Gasteiger partial charge in [0.2, 0.25) is 0 Å². The topological polar surface area (TPSA) is 50.4 Å². The molecule has 0 aromatic heterocycles. The van der Waals surface area contributed by atoms with Gasteiger partial charge in [0.25, 0.3) is 5.91 Å². The maximum Gasteiger partial charge on any atom is 0.262 e. The number of rotatable bonds is 7. The average molecular weight is 405 g/mol. The summed E-state index contributed by atoms with van der Waals surface area (Å²) in [6.45, 7) is 2.86. The molecule has 4 aliphatic rings. The summed E-state index contributed by atoms with van der Waals surface area (Å²) >= 11 is 0. The quantitative estimate of drug-likeness (QED) is 0.688. The number of amides is 1. The van der Waals surface area contributed by atoms with Crippen molar-refractivity contribution in [2.75, 3.05) is 11.9 Å². The second-order valence-corrected chi connectivity index (χ2v) is 9.65. The SMILES string of the molecule is Cc1ccc(NC(=O)COc2ccccc2CNC2C3CC4CC(C3)CC2C4)cc1. The molecule has 2 aromatic carbocycles. The van der Waals surface area contributed by atoms with Gasteiger partial charge in [-0.3, -0.25) is 4.79 Å². The minimum Gasteiger partial charge on any atom is -0.483 e. The van der Waals surface area contributed by atoms with Gasteiger partial charge in [-0.2, -0.15) is 0 Å². The van der Waals surface area contributed by atoms with Crippen molar-refractivity contribution >= 4 is 11.6 Å². The Bertz CT molecular complexity index is 864. The molecule has 30 heavy (non-hydrogen) atoms. The summed E-state index contributed by atoms with van der Waals surface area (Å²) in [5.74, 6) is 4.36. The van der Waals surface area contributed by atoms with E-state index in [1.165, 1.54) is 37.7 Å². The molecule has 0 unspecified atom stereocenters. The van der Waals surface area contributed by atoms with Gasteiger partial charge in [0.05, 0.1) is 0 Å². The van der Waals surface area contributed by atoms with Gasteiger partial charge in [-0.05, 0) is 80.9 Å². The largest absolute Gasteiger partial charge is 0.483 e. The number of aryl methyl sites for hydroxylation is 1. The fourth-order valence-corrected chi connectivity index (χ4v) is 6.25. The molecule has 2 aromatic rings. The van der Waals surface area contributed by atoms with Crippen molar-refractivity contribution in [1.29, 1.82) is 0 Å². The monoisotopic (exact) mass is 404 g/mol. The molecule has 158 valence electrons. The summed E-state index contributed by atoms with van der Waals surface area (Å²) in [6, 6.07) is 16.5. The van der Waals surface area contributed by atoms with Crippen LogP contribution in [0, 0.1) is 30.6 Å². The Labute approximate surface area is 179 Å². The molecular weight excluding hydrogens is 372 g/mol. The van der Waals surface area contributed by atoms with Crippen LogP contribution in [0.5, 0.6) is 5.75 Å². The highest BCUT2D eigenvalue weighted by Gasteiger charge is 2.47. The Kier molecular flexibility index (Phi) is 5.51. The van der Waals surface area contributed by atoms with E-state index in [1.54, 1.807) is 0 Å². The Morgan fingerprint density at radius 3 is 2.30 bits per heavy atom. The highest BCUT2D eigenvalue weighted by molar-refractivity contribution is 5.91. The molecular formula is C26H32N2O2. The normalized spacial score (nSPS) is 29.0. The number of carbonyl (C=O) groups excluding carboxylic acids is 1. The molecule has 0 heterocycles. The Hall–Kier alpha value is -2.33. The van der Waals surface area contributed by atoms with Crippen LogP contribution in [0.25, 0.3) is 0 Å². The molecule has 4 aliphatic carbocycles. The van der Waals surface area contributed by atoms with Crippen molar-refractivity contribution in [2.24, 2.45) is 23.7 Å². The maximum absolute atomic E-state index is 12.3. The van der Waals surface area contributed by atoms with Crippen molar-refractivity contribution < 1.29 is 9.53 Å². The number of hydrogen-bond acceptors (Lipinski definition) is 3. The van der Waals surface area contributed by atoms with E-state index in [-0.39, 0.29) is 12.5 Å². The van der Waals surface area contributed by atoms with Crippen molar-refractivity contribution in [1.82, 2.24) is 5.32 Å². The van der Waals surface area contributed by atoms with Crippen molar-refractivity contribution in [3.63, 3.8) is 0 Å². The van der Waals surface area contributed by atoms with Crippen LogP contribution in [0.15, 0.2) is 48.5 Å². The summed E-state index contributed by atoms with van der Waals surface area (Å²) in [4.78, 5) is 12.3. The highest BCUT2D eigenvalue weighted by atomic mass is 16.5. The highest BCUT2D eigenvalue weighted by Crippen LogP contribution is 2.53. The van der Waals surface area contributed by atoms with E-state index in [2.05, 4.69) is 16.7 Å². The third-order valence-corrected chi connectivity index (χ3v) is 7.42. The smallest absolute Gasteiger partial charge is 0.262 e. The number of nitrogens with one attached hydrogen (secondary N) is 2. The van der Waals surface area contributed by atoms with Gasteiger partial charge >= 0.3 is 0 Å². The first-order chi connectivity index (χ1) is 14.6. The minimum absolute atomic E-state index is 0.0168. The first-order valence-electron chi connectivity index (χ1n) is 11.4. The van der Waals surface area contributed by atoms with Crippen molar-refractivity contribution in [2.45, 2.75) is 51.6 Å². The molecule has 6 rings (SSSR count). The van der Waals surface area contributed by atoms with Gasteiger partial charge in [-0.15, -0.1) is 0 Å². The molecule has 4 heteroatoms. The van der Waals surface area contributed by atoms with Crippen LogP contribution in [0.2, 0.25) is 0 Å². The lowest BCUT2D eigenvalue weighted by Gasteiger charge is -2.54. The van der Waals surface area contributed by atoms with Crippen LogP contribution < -0.4 is 15.4 Å². The predicted octanol–water partition coefficient (Wildman–Crippen LogP) is 4.93. The van der Waals surface area contributed by atoms with Crippen LogP contribution in [-0.2, 0) is 11.3 Å². The Morgan fingerprint density at radius 2 is 1.60 bits per heavy atom. The molecule has 4 saturated carbocycles. The lowest BCUT2D eigenvalue weighted by molar-refractivity contribution is -0.118. The standard InChI is InChI=1S/C26H32N2O2/c1-17-6-8-23(9-7-17)28-25(29)16-30-24-5-3-2-4-20(24)15-27-26-21-11-18-10-19(13-21)14-22(26)12-18/h2-9,18-19,21-22,26-27H,10-16H2,1H3,(H,28,29). The number of ether oxygens (including phenoxy) is 1. The van der Waals surface area contributed by atoms with Crippen LogP contribution in [0.3, 0.4) is 0 Å². The Morgan fingerprint density at radius 1 is 0.933 bits per heavy atom. The van der Waals surface area contributed by atoms with Gasteiger partial charge < -0.3 is 15.4 Å². The predicted molar refractivity (Wildman–Crippen MR) is 119 cm³/mol. The first-order valence-corrected chi connectivity index (χ1v) is 11.4. The third kappa shape index (κ3) is 4.24. The average Bonchev–Trinajstić information content (AvgIpc) is 2.73. The summed E-state index contributed by atoms with van der Waals surface area (Å²) in [5, 5.41) is 6.77. The zero-order valence-electron chi connectivity index (χ0n) is 17.8. The molecule has 0 radical (unpaired) electrons. The van der Waals surface area contributed by atoms with E-state index in [4.69, 9.17) is 4.74 Å². The van der Waals surface area contributed by atoms with E-state index in [9.17, 15) is 4.79 Å². The summed E-state index contributed by atoms with van der Waals surface area (Å²) in [6.07, 6.45) is 7.16. The lowest BCUT2D eigenvalue weighted by Crippen LogP contribution is -2.54. The van der Waals surface area contributed by atoms with Gasteiger partial charge in [0.15, 0.2) is 6.61 Å². The van der Waals surface area contributed by atoms with Crippen LogP contribution >= 0.6 is 0 Å². The fraction of sp³-hybridized carbons (Fsp3) is 0.500. The van der Waals surface area contributed by atoms with E-state index in [0.29, 0.717) is 6.04 Å². The van der Waals surface area contributed by atoms with Crippen LogP contribution in [0.1, 0.15) is 43.2 Å². The van der Waals surface area contributed by atoms with Gasteiger partial charge in [0, 0.05) is 23.8 Å². The van der Waals surface area contributed by atoms with Gasteiger partial charge in [-0.25, -0.2) is 0 Å². The molecule has 2 N–H and O–H groups in total. The van der Waals surface area contributed by atoms with Crippen molar-refractivity contribution in [3.05, 3.63) is 59.7 Å². The number of carbonyl (C=O) groups is 1. The minimum atomic E-state index is -0.136. The van der Waals surface area contributed by atoms with Gasteiger partial charge in [-0.1, -0.05) is 35.9 Å². The van der Waals surface area contributed by atoms with E-state index >= 15 is 0 Å². The molecule has 0 aliphatic heterocycles. The fourth-order valence-electron chi connectivity index (χ4n) is 6.25. The van der Waals surface area contributed by atoms with Crippen LogP contribution in [-0.4, -0.2) is 18.6 Å². The van der Waals surface area contributed by atoms with Crippen LogP contribution in [0.4, 0.5) is 5.69 Å². The zero-order valence-corrected chi connectivity index (χ0v) is 17.8. The number of para-hydroxylation sites is 1. The zero-order chi connectivity index (χ0) is 20.5. The third-order valence-electron chi connectivity index (χ3n) is 7.42. The van der Waals surface area contributed by atoms with Crippen molar-refractivity contribution in [3.8, 4) is 5.75 Å². The Balaban J connectivity index is 1.16. The van der Waals surface area contributed by atoms with E-state index < -0.39 is 0 Å². The molecule has 1 amide bonds.